The molecule has 0 unspecified atom stereocenters. The van der Waals surface area contributed by atoms with Gasteiger partial charge in [0.2, 0.25) is 5.91 Å². The van der Waals surface area contributed by atoms with E-state index < -0.39 is 0 Å². The number of benzene rings is 2. The Bertz CT molecular complexity index is 677. The van der Waals surface area contributed by atoms with Crippen LogP contribution in [0.25, 0.3) is 0 Å². The molecule has 0 aliphatic heterocycles. The van der Waals surface area contributed by atoms with E-state index in [-0.39, 0.29) is 11.3 Å². The largest absolute Gasteiger partial charge is 0.385 e. The van der Waals surface area contributed by atoms with Crippen LogP contribution in [0.2, 0.25) is 0 Å². The molecule has 0 fully saturated rings. The second kappa shape index (κ2) is 7.52. The van der Waals surface area contributed by atoms with Gasteiger partial charge in [-0.3, -0.25) is 4.79 Å². The van der Waals surface area contributed by atoms with Gasteiger partial charge in [0.05, 0.1) is 0 Å². The van der Waals surface area contributed by atoms with Gasteiger partial charge in [-0.05, 0) is 60.2 Å². The SMILES string of the molecule is Cc1cc(C)cc(NCCC(=O)Nc2ccc(C(C)(C)C)cc2)c1. The van der Waals surface area contributed by atoms with E-state index in [9.17, 15) is 4.79 Å². The van der Waals surface area contributed by atoms with Crippen molar-refractivity contribution in [1.82, 2.24) is 0 Å². The van der Waals surface area contributed by atoms with Crippen molar-refractivity contribution in [3.8, 4) is 0 Å². The van der Waals surface area contributed by atoms with Crippen LogP contribution in [-0.4, -0.2) is 12.5 Å². The summed E-state index contributed by atoms with van der Waals surface area (Å²) in [6.45, 7) is 11.3. The van der Waals surface area contributed by atoms with Crippen LogP contribution in [0.1, 0.15) is 43.9 Å². The molecule has 3 heteroatoms. The molecule has 24 heavy (non-hydrogen) atoms. The summed E-state index contributed by atoms with van der Waals surface area (Å²) in [5, 5.41) is 6.26. The second-order valence-corrected chi connectivity index (χ2v) is 7.43. The Balaban J connectivity index is 1.83. The van der Waals surface area contributed by atoms with Gasteiger partial charge in [-0.15, -0.1) is 0 Å². The Morgan fingerprint density at radius 3 is 2.04 bits per heavy atom. The van der Waals surface area contributed by atoms with Crippen molar-refractivity contribution in [2.24, 2.45) is 0 Å². The summed E-state index contributed by atoms with van der Waals surface area (Å²) in [7, 11) is 0. The average Bonchev–Trinajstić information content (AvgIpc) is 2.45. The van der Waals surface area contributed by atoms with Crippen LogP contribution in [0.4, 0.5) is 11.4 Å². The van der Waals surface area contributed by atoms with E-state index in [0.717, 1.165) is 11.4 Å². The van der Waals surface area contributed by atoms with Gasteiger partial charge in [0.15, 0.2) is 0 Å². The molecule has 0 atom stereocenters. The van der Waals surface area contributed by atoms with Crippen LogP contribution in [0, 0.1) is 13.8 Å². The Labute approximate surface area is 145 Å². The van der Waals surface area contributed by atoms with Crippen molar-refractivity contribution in [2.75, 3.05) is 17.2 Å². The molecule has 0 spiro atoms. The molecule has 0 heterocycles. The first-order valence-corrected chi connectivity index (χ1v) is 8.46. The van der Waals surface area contributed by atoms with E-state index in [2.05, 4.69) is 75.6 Å². The molecule has 1 amide bonds. The van der Waals surface area contributed by atoms with E-state index in [1.165, 1.54) is 16.7 Å². The molecule has 3 nitrogen and oxygen atoms in total. The van der Waals surface area contributed by atoms with Gasteiger partial charge < -0.3 is 10.6 Å². The molecule has 2 aromatic rings. The fourth-order valence-electron chi connectivity index (χ4n) is 2.67. The summed E-state index contributed by atoms with van der Waals surface area (Å²) in [5.41, 5.74) is 5.74. The minimum absolute atomic E-state index is 0.0235. The Hall–Kier alpha value is -2.29. The van der Waals surface area contributed by atoms with Crippen molar-refractivity contribution in [2.45, 2.75) is 46.5 Å². The lowest BCUT2D eigenvalue weighted by atomic mass is 9.87. The first-order chi connectivity index (χ1) is 11.2. The fourth-order valence-corrected chi connectivity index (χ4v) is 2.67. The van der Waals surface area contributed by atoms with Crippen LogP contribution in [0.3, 0.4) is 0 Å². The van der Waals surface area contributed by atoms with Crippen molar-refractivity contribution in [3.63, 3.8) is 0 Å². The highest BCUT2D eigenvalue weighted by molar-refractivity contribution is 5.91. The predicted molar refractivity (Wildman–Crippen MR) is 103 cm³/mol. The van der Waals surface area contributed by atoms with Gasteiger partial charge in [0.1, 0.15) is 0 Å². The highest BCUT2D eigenvalue weighted by Gasteiger charge is 2.13. The highest BCUT2D eigenvalue weighted by atomic mass is 16.1. The van der Waals surface area contributed by atoms with Crippen LogP contribution in [0.5, 0.6) is 0 Å². The fraction of sp³-hybridized carbons (Fsp3) is 0.381. The topological polar surface area (TPSA) is 41.1 Å². The Morgan fingerprint density at radius 2 is 1.50 bits per heavy atom. The van der Waals surface area contributed by atoms with Gasteiger partial charge in [0, 0.05) is 24.3 Å². The number of amides is 1. The van der Waals surface area contributed by atoms with Crippen LogP contribution < -0.4 is 10.6 Å². The normalized spacial score (nSPS) is 11.2. The smallest absolute Gasteiger partial charge is 0.226 e. The van der Waals surface area contributed by atoms with Crippen LogP contribution >= 0.6 is 0 Å². The molecule has 0 aromatic heterocycles. The van der Waals surface area contributed by atoms with Gasteiger partial charge in [-0.1, -0.05) is 39.0 Å². The quantitative estimate of drug-likeness (QED) is 0.809. The molecular weight excluding hydrogens is 296 g/mol. The maximum absolute atomic E-state index is 12.1. The first-order valence-electron chi connectivity index (χ1n) is 8.46. The van der Waals surface area contributed by atoms with E-state index in [4.69, 9.17) is 0 Å². The van der Waals surface area contributed by atoms with Crippen LogP contribution in [-0.2, 0) is 10.2 Å². The molecule has 128 valence electrons. The summed E-state index contributed by atoms with van der Waals surface area (Å²) >= 11 is 0. The number of anilines is 2. The van der Waals surface area contributed by atoms with E-state index >= 15 is 0 Å². The number of nitrogens with one attached hydrogen (secondary N) is 2. The second-order valence-electron chi connectivity index (χ2n) is 7.43. The molecule has 0 saturated heterocycles. The lowest BCUT2D eigenvalue weighted by Gasteiger charge is -2.19. The molecule has 0 aliphatic carbocycles. The monoisotopic (exact) mass is 324 g/mol. The third-order valence-electron chi connectivity index (χ3n) is 3.94. The summed E-state index contributed by atoms with van der Waals surface area (Å²) in [6.07, 6.45) is 0.439. The predicted octanol–water partition coefficient (Wildman–Crippen LogP) is 5.04. The molecule has 0 aliphatic rings. The standard InChI is InChI=1S/C21H28N2O/c1-15-12-16(2)14-19(13-15)22-11-10-20(24)23-18-8-6-17(7-9-18)21(3,4)5/h6-9,12-14,22H,10-11H2,1-5H3,(H,23,24). The summed E-state index contributed by atoms with van der Waals surface area (Å²) < 4.78 is 0. The number of aryl methyl sites for hydroxylation is 2. The number of carbonyl (C=O) groups excluding carboxylic acids is 1. The zero-order valence-electron chi connectivity index (χ0n) is 15.4. The van der Waals surface area contributed by atoms with Crippen molar-refractivity contribution in [1.29, 1.82) is 0 Å². The van der Waals surface area contributed by atoms with Crippen molar-refractivity contribution in [3.05, 3.63) is 59.2 Å². The Morgan fingerprint density at radius 1 is 0.917 bits per heavy atom. The van der Waals surface area contributed by atoms with Crippen molar-refractivity contribution >= 4 is 17.3 Å². The third-order valence-corrected chi connectivity index (χ3v) is 3.94. The number of hydrogen-bond acceptors (Lipinski definition) is 2. The van der Waals surface area contributed by atoms with Gasteiger partial charge >= 0.3 is 0 Å². The lowest BCUT2D eigenvalue weighted by Crippen LogP contribution is -2.16. The molecular formula is C21H28N2O. The summed E-state index contributed by atoms with van der Waals surface area (Å²) in [5.74, 6) is 0.0235. The zero-order chi connectivity index (χ0) is 17.7. The summed E-state index contributed by atoms with van der Waals surface area (Å²) in [6, 6.07) is 14.4. The number of hydrogen-bond donors (Lipinski definition) is 2. The highest BCUT2D eigenvalue weighted by Crippen LogP contribution is 2.23. The van der Waals surface area contributed by atoms with Gasteiger partial charge in [-0.2, -0.15) is 0 Å². The Kier molecular flexibility index (Phi) is 5.66. The minimum Gasteiger partial charge on any atom is -0.385 e. The number of carbonyl (C=O) groups is 1. The maximum Gasteiger partial charge on any atom is 0.226 e. The van der Waals surface area contributed by atoms with Gasteiger partial charge in [-0.25, -0.2) is 0 Å². The average molecular weight is 324 g/mol. The lowest BCUT2D eigenvalue weighted by molar-refractivity contribution is -0.115. The molecule has 2 rings (SSSR count). The number of rotatable bonds is 5. The molecule has 2 N–H and O–H groups in total. The van der Waals surface area contributed by atoms with Gasteiger partial charge in [0.25, 0.3) is 0 Å². The molecule has 0 bridgehead atoms. The molecule has 2 aromatic carbocycles. The van der Waals surface area contributed by atoms with E-state index in [1.54, 1.807) is 0 Å². The third kappa shape index (κ3) is 5.41. The van der Waals surface area contributed by atoms with E-state index in [0.29, 0.717) is 13.0 Å². The first kappa shape index (κ1) is 18.1. The van der Waals surface area contributed by atoms with Crippen molar-refractivity contribution < 1.29 is 4.79 Å². The summed E-state index contributed by atoms with van der Waals surface area (Å²) in [4.78, 5) is 12.1. The van der Waals surface area contributed by atoms with Crippen LogP contribution in [0.15, 0.2) is 42.5 Å². The molecule has 0 radical (unpaired) electrons. The van der Waals surface area contributed by atoms with E-state index in [1.807, 2.05) is 12.1 Å². The maximum atomic E-state index is 12.1. The minimum atomic E-state index is 0.0235. The zero-order valence-corrected chi connectivity index (χ0v) is 15.4. The molecule has 0 saturated carbocycles.